The number of piperidine rings is 1. The van der Waals surface area contributed by atoms with Gasteiger partial charge in [-0.25, -0.2) is 9.59 Å². The zero-order valence-corrected chi connectivity index (χ0v) is 16.8. The first-order valence-electron chi connectivity index (χ1n) is 9.66. The molecule has 2 aliphatic rings. The maximum absolute atomic E-state index is 12.5. The first kappa shape index (κ1) is 20.4. The maximum atomic E-state index is 12.5. The number of likely N-dealkylation sites (tertiary alicyclic amines) is 1. The van der Waals surface area contributed by atoms with Crippen molar-refractivity contribution in [3.8, 4) is 0 Å². The molecule has 1 aliphatic heterocycles. The minimum Gasteiger partial charge on any atom is -0.480 e. The van der Waals surface area contributed by atoms with Crippen molar-refractivity contribution in [3.05, 3.63) is 48.0 Å². The lowest BCUT2D eigenvalue weighted by Gasteiger charge is -2.28. The largest absolute Gasteiger partial charge is 0.480 e. The summed E-state index contributed by atoms with van der Waals surface area (Å²) < 4.78 is 11.4. The van der Waals surface area contributed by atoms with E-state index in [0.29, 0.717) is 19.6 Å². The monoisotopic (exact) mass is 387 g/mol. The summed E-state index contributed by atoms with van der Waals surface area (Å²) in [5, 5.41) is 9.57. The summed E-state index contributed by atoms with van der Waals surface area (Å²) in [5.41, 5.74) is 1.32. The quantitative estimate of drug-likeness (QED) is 0.721. The first-order chi connectivity index (χ1) is 13.1. The molecule has 0 unspecified atom stereocenters. The van der Waals surface area contributed by atoms with Crippen molar-refractivity contribution in [1.82, 2.24) is 4.90 Å². The number of benzene rings is 1. The van der Waals surface area contributed by atoms with E-state index in [2.05, 4.69) is 12.6 Å². The molecule has 3 rings (SSSR count). The van der Waals surface area contributed by atoms with E-state index in [1.54, 1.807) is 20.8 Å². The highest BCUT2D eigenvalue weighted by molar-refractivity contribution is 5.82. The number of hydrogen-bond donors (Lipinski definition) is 1. The highest BCUT2D eigenvalue weighted by Crippen LogP contribution is 2.60. The van der Waals surface area contributed by atoms with Gasteiger partial charge in [-0.2, -0.15) is 0 Å². The molecule has 0 radical (unpaired) electrons. The first-order valence-corrected chi connectivity index (χ1v) is 9.66. The second kappa shape index (κ2) is 7.59. The summed E-state index contributed by atoms with van der Waals surface area (Å²) in [6.07, 6.45) is 3.28. The Morgan fingerprint density at radius 2 is 2.04 bits per heavy atom. The average molecular weight is 387 g/mol. The van der Waals surface area contributed by atoms with Gasteiger partial charge >= 0.3 is 12.1 Å². The SMILES string of the molecule is C=CCc1cccc(COC[C@@]23C[C@@H](C(=O)O)N(C(=O)OC(C)(C)C)[C@@H]2C3)c1. The lowest BCUT2D eigenvalue weighted by Crippen LogP contribution is -2.45. The highest BCUT2D eigenvalue weighted by atomic mass is 16.6. The number of carbonyl (C=O) groups is 2. The Morgan fingerprint density at radius 3 is 2.68 bits per heavy atom. The summed E-state index contributed by atoms with van der Waals surface area (Å²) in [6.45, 7) is 9.99. The predicted octanol–water partition coefficient (Wildman–Crippen LogP) is 3.78. The zero-order chi connectivity index (χ0) is 20.5. The number of hydrogen-bond acceptors (Lipinski definition) is 4. The number of ether oxygens (including phenoxy) is 2. The Bertz CT molecular complexity index is 768. The van der Waals surface area contributed by atoms with Crippen LogP contribution in [0.2, 0.25) is 0 Å². The van der Waals surface area contributed by atoms with E-state index < -0.39 is 23.7 Å². The van der Waals surface area contributed by atoms with Crippen LogP contribution in [0, 0.1) is 5.41 Å². The van der Waals surface area contributed by atoms with Crippen molar-refractivity contribution >= 4 is 12.1 Å². The van der Waals surface area contributed by atoms with Crippen molar-refractivity contribution in [2.75, 3.05) is 6.61 Å². The molecule has 0 spiro atoms. The Hall–Kier alpha value is -2.34. The smallest absolute Gasteiger partial charge is 0.411 e. The Labute approximate surface area is 166 Å². The molecule has 1 N–H and O–H groups in total. The lowest BCUT2D eigenvalue weighted by atomic mass is 10.0. The summed E-state index contributed by atoms with van der Waals surface area (Å²) >= 11 is 0. The highest BCUT2D eigenvalue weighted by Gasteiger charge is 2.68. The van der Waals surface area contributed by atoms with E-state index >= 15 is 0 Å². The molecule has 1 aliphatic carbocycles. The second-order valence-electron chi connectivity index (χ2n) is 8.83. The molecule has 1 aromatic rings. The number of carbonyl (C=O) groups excluding carboxylic acids is 1. The standard InChI is InChI=1S/C22H29NO5/c1-5-7-15-8-6-9-16(10-15)13-27-14-22-11-17(19(24)25)23(18(22)12-22)20(26)28-21(2,3)4/h5-6,8-10,17-18H,1,7,11-14H2,2-4H3,(H,24,25)/t17-,18+,22-/m0/s1. The third-order valence-electron chi connectivity index (χ3n) is 5.34. The van der Waals surface area contributed by atoms with E-state index in [0.717, 1.165) is 18.4 Å². The van der Waals surface area contributed by atoms with Crippen LogP contribution in [0.15, 0.2) is 36.9 Å². The minimum absolute atomic E-state index is 0.129. The van der Waals surface area contributed by atoms with Crippen LogP contribution in [0.3, 0.4) is 0 Å². The molecule has 0 aromatic heterocycles. The van der Waals surface area contributed by atoms with Gasteiger partial charge in [-0.3, -0.25) is 4.90 Å². The maximum Gasteiger partial charge on any atom is 0.411 e. The van der Waals surface area contributed by atoms with Gasteiger partial charge in [-0.15, -0.1) is 6.58 Å². The van der Waals surface area contributed by atoms with Crippen molar-refractivity contribution < 1.29 is 24.2 Å². The number of carboxylic acids is 1. The molecule has 1 aromatic carbocycles. The van der Waals surface area contributed by atoms with Crippen molar-refractivity contribution in [2.24, 2.45) is 5.41 Å². The Kier molecular flexibility index (Phi) is 5.53. The molecule has 0 bridgehead atoms. The predicted molar refractivity (Wildman–Crippen MR) is 105 cm³/mol. The van der Waals surface area contributed by atoms with Crippen LogP contribution in [0.1, 0.15) is 44.7 Å². The number of nitrogens with zero attached hydrogens (tertiary/aromatic N) is 1. The van der Waals surface area contributed by atoms with Gasteiger partial charge in [-0.1, -0.05) is 30.3 Å². The van der Waals surface area contributed by atoms with Gasteiger partial charge in [0.1, 0.15) is 11.6 Å². The molecule has 6 nitrogen and oxygen atoms in total. The molecule has 6 heteroatoms. The average Bonchev–Trinajstić information content (AvgIpc) is 3.17. The summed E-state index contributed by atoms with van der Waals surface area (Å²) in [7, 11) is 0. The lowest BCUT2D eigenvalue weighted by molar-refractivity contribution is -0.142. The van der Waals surface area contributed by atoms with E-state index in [1.807, 2.05) is 24.3 Å². The number of rotatable bonds is 7. The van der Waals surface area contributed by atoms with Crippen molar-refractivity contribution in [1.29, 1.82) is 0 Å². The number of aliphatic carboxylic acids is 1. The fourth-order valence-electron chi connectivity index (χ4n) is 4.01. The summed E-state index contributed by atoms with van der Waals surface area (Å²) in [6, 6.07) is 7.16. The van der Waals surface area contributed by atoms with Crippen LogP contribution in [0.25, 0.3) is 0 Å². The Morgan fingerprint density at radius 1 is 1.32 bits per heavy atom. The van der Waals surface area contributed by atoms with Crippen LogP contribution in [-0.4, -0.2) is 46.4 Å². The third kappa shape index (κ3) is 4.38. The molecular formula is C22H29NO5. The fraction of sp³-hybridized carbons (Fsp3) is 0.545. The molecule has 1 amide bonds. The molecule has 1 saturated carbocycles. The van der Waals surface area contributed by atoms with Crippen LogP contribution in [-0.2, 0) is 27.3 Å². The molecule has 28 heavy (non-hydrogen) atoms. The van der Waals surface area contributed by atoms with Crippen LogP contribution < -0.4 is 0 Å². The summed E-state index contributed by atoms with van der Waals surface area (Å²) in [5.74, 6) is -0.991. The van der Waals surface area contributed by atoms with E-state index in [4.69, 9.17) is 9.47 Å². The second-order valence-corrected chi connectivity index (χ2v) is 8.83. The van der Waals surface area contributed by atoms with E-state index in [1.165, 1.54) is 10.5 Å². The summed E-state index contributed by atoms with van der Waals surface area (Å²) in [4.78, 5) is 25.6. The van der Waals surface area contributed by atoms with Gasteiger partial charge in [0.2, 0.25) is 0 Å². The molecule has 1 saturated heterocycles. The molecule has 1 heterocycles. The molecule has 3 atom stereocenters. The third-order valence-corrected chi connectivity index (χ3v) is 5.34. The van der Waals surface area contributed by atoms with E-state index in [9.17, 15) is 14.7 Å². The van der Waals surface area contributed by atoms with Crippen LogP contribution >= 0.6 is 0 Å². The van der Waals surface area contributed by atoms with Gasteiger partial charge in [0.15, 0.2) is 0 Å². The van der Waals surface area contributed by atoms with E-state index in [-0.39, 0.29) is 11.5 Å². The van der Waals surface area contributed by atoms with Gasteiger partial charge in [-0.05, 0) is 51.2 Å². The fourth-order valence-corrected chi connectivity index (χ4v) is 4.01. The minimum atomic E-state index is -0.991. The normalized spacial score (nSPS) is 25.9. The molecule has 152 valence electrons. The van der Waals surface area contributed by atoms with Crippen molar-refractivity contribution in [2.45, 2.75) is 64.3 Å². The van der Waals surface area contributed by atoms with Gasteiger partial charge in [0, 0.05) is 11.5 Å². The van der Waals surface area contributed by atoms with Gasteiger partial charge in [0.05, 0.1) is 13.2 Å². The van der Waals surface area contributed by atoms with Gasteiger partial charge in [0.25, 0.3) is 0 Å². The van der Waals surface area contributed by atoms with Crippen LogP contribution in [0.4, 0.5) is 4.79 Å². The number of carboxylic acid groups (broad SMARTS) is 1. The van der Waals surface area contributed by atoms with Crippen molar-refractivity contribution in [3.63, 3.8) is 0 Å². The van der Waals surface area contributed by atoms with Gasteiger partial charge < -0.3 is 14.6 Å². The number of allylic oxidation sites excluding steroid dienone is 1. The number of fused-ring (bicyclic) bond motifs is 1. The van der Waals surface area contributed by atoms with Crippen LogP contribution in [0.5, 0.6) is 0 Å². The number of amides is 1. The Balaban J connectivity index is 1.61. The topological polar surface area (TPSA) is 76.1 Å². The molecule has 2 fully saturated rings. The zero-order valence-electron chi connectivity index (χ0n) is 16.8. The molecular weight excluding hydrogens is 358 g/mol.